The third-order valence-electron chi connectivity index (χ3n) is 2.41. The van der Waals surface area contributed by atoms with E-state index >= 15 is 0 Å². The average Bonchev–Trinajstić information content (AvgIpc) is 2.41. The van der Waals surface area contributed by atoms with Crippen molar-refractivity contribution in [1.29, 1.82) is 5.26 Å². The molecule has 86 valence electrons. The van der Waals surface area contributed by atoms with Crippen molar-refractivity contribution in [2.45, 2.75) is 6.54 Å². The molecule has 0 amide bonds. The molecule has 1 heterocycles. The van der Waals surface area contributed by atoms with Gasteiger partial charge >= 0.3 is 0 Å². The number of rotatable bonds is 1. The zero-order valence-electron chi connectivity index (χ0n) is 9.63. The predicted octanol–water partition coefficient (Wildman–Crippen LogP) is 1.77. The second kappa shape index (κ2) is 5.52. The Morgan fingerprint density at radius 3 is 2.56 bits per heavy atom. The molecule has 0 unspecified atom stereocenters. The van der Waals surface area contributed by atoms with Crippen LogP contribution in [0.3, 0.4) is 0 Å². The van der Waals surface area contributed by atoms with Crippen molar-refractivity contribution < 1.29 is 0 Å². The Labute approximate surface area is 105 Å². The van der Waals surface area contributed by atoms with Crippen LogP contribution in [0.15, 0.2) is 53.3 Å². The zero-order chi connectivity index (χ0) is 12.8. The first kappa shape index (κ1) is 11.7. The maximum atomic E-state index is 11.6. The molecule has 0 atom stereocenters. The van der Waals surface area contributed by atoms with Crippen molar-refractivity contribution in [3.8, 4) is 17.9 Å². The van der Waals surface area contributed by atoms with Crippen LogP contribution < -0.4 is 5.56 Å². The molecule has 0 aliphatic carbocycles. The lowest BCUT2D eigenvalue weighted by Crippen LogP contribution is -2.20. The fraction of sp³-hybridized carbons (Fsp3) is 0.0667. The number of aromatic nitrogens is 1. The van der Waals surface area contributed by atoms with E-state index in [-0.39, 0.29) is 12.1 Å². The highest BCUT2D eigenvalue weighted by molar-refractivity contribution is 5.33. The maximum Gasteiger partial charge on any atom is 0.252 e. The summed E-state index contributed by atoms with van der Waals surface area (Å²) in [6.45, 7) is 0.220. The van der Waals surface area contributed by atoms with E-state index in [4.69, 9.17) is 5.26 Å². The van der Waals surface area contributed by atoms with Crippen molar-refractivity contribution in [2.24, 2.45) is 0 Å². The van der Waals surface area contributed by atoms with Gasteiger partial charge in [-0.25, -0.2) is 0 Å². The maximum absolute atomic E-state index is 11.6. The summed E-state index contributed by atoms with van der Waals surface area (Å²) < 4.78 is 1.36. The van der Waals surface area contributed by atoms with E-state index in [0.29, 0.717) is 5.69 Å². The minimum absolute atomic E-state index is 0.212. The second-order valence-corrected chi connectivity index (χ2v) is 3.62. The fourth-order valence-corrected chi connectivity index (χ4v) is 1.52. The SMILES string of the molecule is N#Cc1cccc(=O)n1CC#Cc1ccccc1. The number of nitriles is 1. The standard InChI is InChI=1S/C15H10N2O/c16-12-14-9-4-10-15(18)17(14)11-5-8-13-6-2-1-3-7-13/h1-4,6-7,9-10H,11H2. The second-order valence-electron chi connectivity index (χ2n) is 3.62. The van der Waals surface area contributed by atoms with Gasteiger partial charge in [0.15, 0.2) is 0 Å². The molecule has 1 aromatic heterocycles. The molecule has 1 aromatic carbocycles. The highest BCUT2D eigenvalue weighted by Crippen LogP contribution is 1.96. The van der Waals surface area contributed by atoms with Crippen molar-refractivity contribution in [3.05, 3.63) is 70.1 Å². The third-order valence-corrected chi connectivity index (χ3v) is 2.41. The molecular formula is C15H10N2O. The molecular weight excluding hydrogens is 224 g/mol. The number of nitrogens with zero attached hydrogens (tertiary/aromatic N) is 2. The highest BCUT2D eigenvalue weighted by atomic mass is 16.1. The van der Waals surface area contributed by atoms with E-state index in [1.54, 1.807) is 12.1 Å². The Balaban J connectivity index is 2.25. The smallest absolute Gasteiger partial charge is 0.252 e. The van der Waals surface area contributed by atoms with Gasteiger partial charge in [-0.05, 0) is 18.2 Å². The van der Waals surface area contributed by atoms with E-state index < -0.39 is 0 Å². The number of hydrogen-bond donors (Lipinski definition) is 0. The van der Waals surface area contributed by atoms with Crippen molar-refractivity contribution in [3.63, 3.8) is 0 Å². The van der Waals surface area contributed by atoms with Crippen LogP contribution in [0.25, 0.3) is 0 Å². The summed E-state index contributed by atoms with van der Waals surface area (Å²) in [5.74, 6) is 5.85. The normalized spacial score (nSPS) is 9.06. The van der Waals surface area contributed by atoms with Crippen LogP contribution in [0, 0.1) is 23.2 Å². The molecule has 0 bridgehead atoms. The van der Waals surface area contributed by atoms with Gasteiger partial charge in [0.1, 0.15) is 11.8 Å². The Morgan fingerprint density at radius 1 is 1.06 bits per heavy atom. The largest absolute Gasteiger partial charge is 0.288 e. The molecule has 0 fully saturated rings. The molecule has 3 heteroatoms. The molecule has 18 heavy (non-hydrogen) atoms. The summed E-state index contributed by atoms with van der Waals surface area (Å²) in [5.41, 5.74) is 1.00. The van der Waals surface area contributed by atoms with E-state index in [1.807, 2.05) is 36.4 Å². The minimum atomic E-state index is -0.212. The first-order chi connectivity index (χ1) is 8.81. The van der Waals surface area contributed by atoms with Gasteiger partial charge < -0.3 is 0 Å². The van der Waals surface area contributed by atoms with Gasteiger partial charge in [0.25, 0.3) is 5.56 Å². The molecule has 0 radical (unpaired) electrons. The minimum Gasteiger partial charge on any atom is -0.288 e. The monoisotopic (exact) mass is 234 g/mol. The van der Waals surface area contributed by atoms with E-state index in [2.05, 4.69) is 11.8 Å². The van der Waals surface area contributed by atoms with E-state index in [1.165, 1.54) is 10.6 Å². The lowest BCUT2D eigenvalue weighted by molar-refractivity contribution is 0.781. The summed E-state index contributed by atoms with van der Waals surface area (Å²) in [4.78, 5) is 11.6. The molecule has 0 saturated carbocycles. The fourth-order valence-electron chi connectivity index (χ4n) is 1.52. The quantitative estimate of drug-likeness (QED) is 0.706. The Hall–Kier alpha value is -2.78. The number of benzene rings is 1. The summed E-state index contributed by atoms with van der Waals surface area (Å²) in [6, 6.07) is 16.1. The topological polar surface area (TPSA) is 45.8 Å². The summed E-state index contributed by atoms with van der Waals surface area (Å²) in [6.07, 6.45) is 0. The van der Waals surface area contributed by atoms with Crippen molar-refractivity contribution >= 4 is 0 Å². The van der Waals surface area contributed by atoms with Gasteiger partial charge in [-0.15, -0.1) is 0 Å². The molecule has 3 nitrogen and oxygen atoms in total. The molecule has 0 spiro atoms. The Morgan fingerprint density at radius 2 is 1.83 bits per heavy atom. The van der Waals surface area contributed by atoms with Gasteiger partial charge in [-0.1, -0.05) is 36.1 Å². The third kappa shape index (κ3) is 2.66. The van der Waals surface area contributed by atoms with Crippen LogP contribution in [0.4, 0.5) is 0 Å². The lowest BCUT2D eigenvalue weighted by Gasteiger charge is -2.01. The number of hydrogen-bond acceptors (Lipinski definition) is 2. The van der Waals surface area contributed by atoms with E-state index in [9.17, 15) is 4.79 Å². The predicted molar refractivity (Wildman–Crippen MR) is 68.7 cm³/mol. The summed E-state index contributed by atoms with van der Waals surface area (Å²) in [5, 5.41) is 8.90. The molecule has 0 saturated heterocycles. The lowest BCUT2D eigenvalue weighted by atomic mass is 10.2. The van der Waals surface area contributed by atoms with Crippen molar-refractivity contribution in [2.75, 3.05) is 0 Å². The van der Waals surface area contributed by atoms with Gasteiger partial charge in [0, 0.05) is 11.6 Å². The van der Waals surface area contributed by atoms with Crippen LogP contribution in [0.5, 0.6) is 0 Å². The first-order valence-electron chi connectivity index (χ1n) is 5.45. The summed E-state index contributed by atoms with van der Waals surface area (Å²) >= 11 is 0. The van der Waals surface area contributed by atoms with Crippen LogP contribution in [0.1, 0.15) is 11.3 Å². The van der Waals surface area contributed by atoms with Crippen LogP contribution in [-0.2, 0) is 6.54 Å². The van der Waals surface area contributed by atoms with Crippen LogP contribution in [0.2, 0.25) is 0 Å². The average molecular weight is 234 g/mol. The first-order valence-corrected chi connectivity index (χ1v) is 5.45. The van der Waals surface area contributed by atoms with Gasteiger partial charge in [-0.3, -0.25) is 9.36 Å². The van der Waals surface area contributed by atoms with Crippen molar-refractivity contribution in [1.82, 2.24) is 4.57 Å². The van der Waals surface area contributed by atoms with Gasteiger partial charge in [0.2, 0.25) is 0 Å². The molecule has 0 aliphatic heterocycles. The van der Waals surface area contributed by atoms with E-state index in [0.717, 1.165) is 5.56 Å². The Kier molecular flexibility index (Phi) is 3.59. The van der Waals surface area contributed by atoms with Crippen LogP contribution in [-0.4, -0.2) is 4.57 Å². The number of pyridine rings is 1. The summed E-state index contributed by atoms with van der Waals surface area (Å²) in [7, 11) is 0. The van der Waals surface area contributed by atoms with Gasteiger partial charge in [0.05, 0.1) is 6.54 Å². The highest BCUT2D eigenvalue weighted by Gasteiger charge is 1.99. The van der Waals surface area contributed by atoms with Crippen LogP contribution >= 0.6 is 0 Å². The zero-order valence-corrected chi connectivity index (χ0v) is 9.63. The molecule has 2 rings (SSSR count). The molecule has 2 aromatic rings. The Bertz CT molecular complexity index is 697. The molecule has 0 N–H and O–H groups in total. The van der Waals surface area contributed by atoms with Gasteiger partial charge in [-0.2, -0.15) is 5.26 Å². The molecule has 0 aliphatic rings.